The highest BCUT2D eigenvalue weighted by Gasteiger charge is 2.10. The van der Waals surface area contributed by atoms with Gasteiger partial charge in [-0.3, -0.25) is 0 Å². The Bertz CT molecular complexity index is 385. The van der Waals surface area contributed by atoms with Crippen LogP contribution in [-0.4, -0.2) is 19.1 Å². The molecule has 18 heavy (non-hydrogen) atoms. The van der Waals surface area contributed by atoms with Crippen LogP contribution >= 0.6 is 0 Å². The van der Waals surface area contributed by atoms with Gasteiger partial charge in [0.1, 0.15) is 0 Å². The van der Waals surface area contributed by atoms with Gasteiger partial charge in [0.15, 0.2) is 0 Å². The second-order valence-electron chi connectivity index (χ2n) is 5.93. The first-order chi connectivity index (χ1) is 8.65. The predicted molar refractivity (Wildman–Crippen MR) is 79.3 cm³/mol. The van der Waals surface area contributed by atoms with Gasteiger partial charge in [0, 0.05) is 18.3 Å². The zero-order valence-electron chi connectivity index (χ0n) is 11.9. The molecule has 2 N–H and O–H groups in total. The van der Waals surface area contributed by atoms with E-state index in [4.69, 9.17) is 0 Å². The maximum Gasteiger partial charge on any atom is 0.0372 e. The van der Waals surface area contributed by atoms with Gasteiger partial charge in [-0.05, 0) is 55.8 Å². The summed E-state index contributed by atoms with van der Waals surface area (Å²) in [4.78, 5) is 0. The van der Waals surface area contributed by atoms with Gasteiger partial charge in [-0.2, -0.15) is 0 Å². The summed E-state index contributed by atoms with van der Waals surface area (Å²) in [5.41, 5.74) is 4.30. The largest absolute Gasteiger partial charge is 0.385 e. The predicted octanol–water partition coefficient (Wildman–Crippen LogP) is 3.22. The van der Waals surface area contributed by atoms with Crippen LogP contribution in [0.25, 0.3) is 0 Å². The van der Waals surface area contributed by atoms with Gasteiger partial charge in [-0.25, -0.2) is 0 Å². The van der Waals surface area contributed by atoms with Crippen molar-refractivity contribution in [3.8, 4) is 0 Å². The van der Waals surface area contributed by atoms with Crippen molar-refractivity contribution in [3.63, 3.8) is 0 Å². The molecule has 0 fully saturated rings. The highest BCUT2D eigenvalue weighted by atomic mass is 14.9. The van der Waals surface area contributed by atoms with E-state index in [1.54, 1.807) is 0 Å². The van der Waals surface area contributed by atoms with Crippen LogP contribution in [0, 0.1) is 5.92 Å². The molecule has 1 aliphatic rings. The lowest BCUT2D eigenvalue weighted by Gasteiger charge is -2.20. The van der Waals surface area contributed by atoms with E-state index < -0.39 is 0 Å². The molecule has 0 radical (unpaired) electrons. The van der Waals surface area contributed by atoms with Crippen molar-refractivity contribution in [3.05, 3.63) is 29.3 Å². The zero-order chi connectivity index (χ0) is 13.0. The molecule has 100 valence electrons. The Morgan fingerprint density at radius 3 is 2.89 bits per heavy atom. The average Bonchev–Trinajstić information content (AvgIpc) is 2.36. The van der Waals surface area contributed by atoms with E-state index in [-0.39, 0.29) is 0 Å². The van der Waals surface area contributed by atoms with E-state index in [0.717, 1.165) is 25.4 Å². The SMILES string of the molecule is CC(C)CNC(C)Cc1ccc2c(c1)CCCN2. The van der Waals surface area contributed by atoms with Crippen LogP contribution in [0.4, 0.5) is 5.69 Å². The number of aryl methyl sites for hydroxylation is 1. The quantitative estimate of drug-likeness (QED) is 0.833. The van der Waals surface area contributed by atoms with Crippen LogP contribution in [0.2, 0.25) is 0 Å². The van der Waals surface area contributed by atoms with Crippen molar-refractivity contribution in [2.45, 2.75) is 46.1 Å². The van der Waals surface area contributed by atoms with Gasteiger partial charge < -0.3 is 10.6 Å². The molecule has 1 aromatic rings. The van der Waals surface area contributed by atoms with Crippen LogP contribution in [0.5, 0.6) is 0 Å². The van der Waals surface area contributed by atoms with E-state index in [1.165, 1.54) is 29.7 Å². The molecule has 2 rings (SSSR count). The van der Waals surface area contributed by atoms with E-state index in [0.29, 0.717) is 6.04 Å². The lowest BCUT2D eigenvalue weighted by molar-refractivity contribution is 0.482. The summed E-state index contributed by atoms with van der Waals surface area (Å²) in [5, 5.41) is 7.06. The first-order valence-corrected chi connectivity index (χ1v) is 7.24. The van der Waals surface area contributed by atoms with Crippen LogP contribution < -0.4 is 10.6 Å². The molecule has 0 spiro atoms. The smallest absolute Gasteiger partial charge is 0.0372 e. The minimum absolute atomic E-state index is 0.557. The number of rotatable bonds is 5. The molecule has 2 nitrogen and oxygen atoms in total. The molecule has 1 heterocycles. The Balaban J connectivity index is 1.93. The Morgan fingerprint density at radius 1 is 1.28 bits per heavy atom. The normalized spacial score (nSPS) is 16.2. The number of fused-ring (bicyclic) bond motifs is 1. The summed E-state index contributed by atoms with van der Waals surface area (Å²) in [6.45, 7) is 9.01. The van der Waals surface area contributed by atoms with Gasteiger partial charge >= 0.3 is 0 Å². The maximum absolute atomic E-state index is 3.59. The second kappa shape index (κ2) is 6.24. The Morgan fingerprint density at radius 2 is 2.11 bits per heavy atom. The topological polar surface area (TPSA) is 24.1 Å². The van der Waals surface area contributed by atoms with Crippen LogP contribution in [0.15, 0.2) is 18.2 Å². The van der Waals surface area contributed by atoms with Gasteiger partial charge in [0.05, 0.1) is 0 Å². The van der Waals surface area contributed by atoms with Crippen LogP contribution in [0.1, 0.15) is 38.3 Å². The minimum atomic E-state index is 0.557. The van der Waals surface area contributed by atoms with Crippen molar-refractivity contribution < 1.29 is 0 Å². The number of hydrogen-bond acceptors (Lipinski definition) is 2. The number of hydrogen-bond donors (Lipinski definition) is 2. The fraction of sp³-hybridized carbons (Fsp3) is 0.625. The van der Waals surface area contributed by atoms with Crippen LogP contribution in [0.3, 0.4) is 0 Å². The minimum Gasteiger partial charge on any atom is -0.385 e. The summed E-state index contributed by atoms with van der Waals surface area (Å²) < 4.78 is 0. The van der Waals surface area contributed by atoms with Gasteiger partial charge in [0.25, 0.3) is 0 Å². The van der Waals surface area contributed by atoms with Gasteiger partial charge in [-0.1, -0.05) is 26.0 Å². The zero-order valence-corrected chi connectivity index (χ0v) is 11.9. The fourth-order valence-electron chi connectivity index (χ4n) is 2.52. The first kappa shape index (κ1) is 13.4. The maximum atomic E-state index is 3.59. The highest BCUT2D eigenvalue weighted by molar-refractivity contribution is 5.54. The molecule has 0 aliphatic carbocycles. The number of benzene rings is 1. The van der Waals surface area contributed by atoms with Crippen molar-refractivity contribution in [2.75, 3.05) is 18.4 Å². The molecule has 1 atom stereocenters. The van der Waals surface area contributed by atoms with E-state index in [9.17, 15) is 0 Å². The van der Waals surface area contributed by atoms with Gasteiger partial charge in [0.2, 0.25) is 0 Å². The molecule has 1 unspecified atom stereocenters. The molecule has 2 heteroatoms. The summed E-state index contributed by atoms with van der Waals surface area (Å²) >= 11 is 0. The molecule has 1 aliphatic heterocycles. The van der Waals surface area contributed by atoms with Crippen molar-refractivity contribution in [1.82, 2.24) is 5.32 Å². The number of nitrogens with one attached hydrogen (secondary N) is 2. The molecule has 0 saturated carbocycles. The standard InChI is InChI=1S/C16H26N2/c1-12(2)11-18-13(3)9-14-6-7-16-15(10-14)5-4-8-17-16/h6-7,10,12-13,17-18H,4-5,8-9,11H2,1-3H3. The van der Waals surface area contributed by atoms with E-state index >= 15 is 0 Å². The molecule has 0 bridgehead atoms. The van der Waals surface area contributed by atoms with Crippen molar-refractivity contribution >= 4 is 5.69 Å². The highest BCUT2D eigenvalue weighted by Crippen LogP contribution is 2.23. The molecular formula is C16H26N2. The summed E-state index contributed by atoms with van der Waals surface area (Å²) in [6, 6.07) is 7.46. The Labute approximate surface area is 111 Å². The molecule has 1 aromatic carbocycles. The monoisotopic (exact) mass is 246 g/mol. The first-order valence-electron chi connectivity index (χ1n) is 7.24. The summed E-state index contributed by atoms with van der Waals surface area (Å²) in [6.07, 6.45) is 3.61. The Hall–Kier alpha value is -1.02. The lowest BCUT2D eigenvalue weighted by Crippen LogP contribution is -2.31. The van der Waals surface area contributed by atoms with Crippen LogP contribution in [-0.2, 0) is 12.8 Å². The van der Waals surface area contributed by atoms with Crippen molar-refractivity contribution in [2.24, 2.45) is 5.92 Å². The van der Waals surface area contributed by atoms with E-state index in [1.807, 2.05) is 0 Å². The third kappa shape index (κ3) is 3.74. The van der Waals surface area contributed by atoms with E-state index in [2.05, 4.69) is 49.6 Å². The fourth-order valence-corrected chi connectivity index (χ4v) is 2.52. The summed E-state index contributed by atoms with van der Waals surface area (Å²) in [7, 11) is 0. The molecule has 0 aromatic heterocycles. The Kier molecular flexibility index (Phi) is 4.65. The number of anilines is 1. The van der Waals surface area contributed by atoms with Gasteiger partial charge in [-0.15, -0.1) is 0 Å². The van der Waals surface area contributed by atoms with Crippen molar-refractivity contribution in [1.29, 1.82) is 0 Å². The molecule has 0 saturated heterocycles. The molecule has 0 amide bonds. The second-order valence-corrected chi connectivity index (χ2v) is 5.93. The molecular weight excluding hydrogens is 220 g/mol. The lowest BCUT2D eigenvalue weighted by atomic mass is 9.98. The summed E-state index contributed by atoms with van der Waals surface area (Å²) in [5.74, 6) is 0.722. The average molecular weight is 246 g/mol. The third-order valence-corrected chi connectivity index (χ3v) is 3.52. The third-order valence-electron chi connectivity index (χ3n) is 3.52.